The molecule has 2 fully saturated rings. The molecule has 0 saturated carbocycles. The highest BCUT2D eigenvalue weighted by Gasteiger charge is 2.27. The average Bonchev–Trinajstić information content (AvgIpc) is 3.13. The number of likely N-dealkylation sites (tertiary alicyclic amines) is 1. The highest BCUT2D eigenvalue weighted by Crippen LogP contribution is 2.21. The fourth-order valence-corrected chi connectivity index (χ4v) is 3.43. The molecule has 1 aromatic heterocycles. The smallest absolute Gasteiger partial charge is 0.272 e. The molecule has 1 aromatic rings. The van der Waals surface area contributed by atoms with Crippen molar-refractivity contribution in [3.8, 4) is 0 Å². The number of aromatic nitrogens is 2. The summed E-state index contributed by atoms with van der Waals surface area (Å²) in [4.78, 5) is 23.2. The van der Waals surface area contributed by atoms with Gasteiger partial charge in [-0.15, -0.1) is 0 Å². The molecule has 6 nitrogen and oxygen atoms in total. The van der Waals surface area contributed by atoms with Crippen molar-refractivity contribution in [3.63, 3.8) is 0 Å². The molecular weight excluding hydrogens is 292 g/mol. The van der Waals surface area contributed by atoms with E-state index < -0.39 is 0 Å². The minimum Gasteiger partial charge on any atom is -0.376 e. The van der Waals surface area contributed by atoms with Crippen molar-refractivity contribution in [1.29, 1.82) is 0 Å². The number of amides is 1. The summed E-state index contributed by atoms with van der Waals surface area (Å²) in [5, 5.41) is 3.26. The lowest BCUT2D eigenvalue weighted by Crippen LogP contribution is -2.43. The molecule has 6 heteroatoms. The Hall–Kier alpha value is -1.69. The third-order valence-corrected chi connectivity index (χ3v) is 4.78. The molecule has 23 heavy (non-hydrogen) atoms. The van der Waals surface area contributed by atoms with Crippen LogP contribution in [0.25, 0.3) is 0 Å². The van der Waals surface area contributed by atoms with Crippen molar-refractivity contribution in [2.45, 2.75) is 57.6 Å². The standard InChI is InChI=1S/C17H26N4O2/c1-2-13-6-3-4-8-21(13)17(22)15-10-16(20-12-19-15)18-11-14-7-5-9-23-14/h10,12-14H,2-9,11H2,1H3,(H,18,19,20). The van der Waals surface area contributed by atoms with E-state index in [9.17, 15) is 4.79 Å². The number of rotatable bonds is 5. The van der Waals surface area contributed by atoms with Gasteiger partial charge in [-0.2, -0.15) is 0 Å². The minimum absolute atomic E-state index is 0.0270. The van der Waals surface area contributed by atoms with Gasteiger partial charge in [0.05, 0.1) is 6.10 Å². The maximum Gasteiger partial charge on any atom is 0.272 e. The second-order valence-corrected chi connectivity index (χ2v) is 6.36. The quantitative estimate of drug-likeness (QED) is 0.903. The molecule has 126 valence electrons. The van der Waals surface area contributed by atoms with Crippen LogP contribution >= 0.6 is 0 Å². The molecule has 2 unspecified atom stereocenters. The van der Waals surface area contributed by atoms with Gasteiger partial charge in [0.25, 0.3) is 5.91 Å². The number of hydrogen-bond acceptors (Lipinski definition) is 5. The van der Waals surface area contributed by atoms with Gasteiger partial charge in [-0.05, 0) is 38.5 Å². The fraction of sp³-hybridized carbons (Fsp3) is 0.706. The van der Waals surface area contributed by atoms with Crippen LogP contribution in [0.4, 0.5) is 5.82 Å². The first-order valence-electron chi connectivity index (χ1n) is 8.76. The average molecular weight is 318 g/mol. The summed E-state index contributed by atoms with van der Waals surface area (Å²) in [5.74, 6) is 0.725. The molecule has 3 rings (SSSR count). The summed E-state index contributed by atoms with van der Waals surface area (Å²) >= 11 is 0. The minimum atomic E-state index is 0.0270. The third kappa shape index (κ3) is 3.99. The van der Waals surface area contributed by atoms with E-state index in [1.165, 1.54) is 12.7 Å². The molecule has 2 atom stereocenters. The molecule has 3 heterocycles. The molecule has 1 N–H and O–H groups in total. The summed E-state index contributed by atoms with van der Waals surface area (Å²) in [7, 11) is 0. The van der Waals surface area contributed by atoms with E-state index in [-0.39, 0.29) is 12.0 Å². The van der Waals surface area contributed by atoms with Gasteiger partial charge >= 0.3 is 0 Å². The number of ether oxygens (including phenoxy) is 1. The van der Waals surface area contributed by atoms with Gasteiger partial charge in [-0.1, -0.05) is 6.92 Å². The lowest BCUT2D eigenvalue weighted by Gasteiger charge is -2.35. The van der Waals surface area contributed by atoms with Crippen LogP contribution in [-0.2, 0) is 4.74 Å². The van der Waals surface area contributed by atoms with E-state index in [0.29, 0.717) is 17.6 Å². The number of hydrogen-bond donors (Lipinski definition) is 1. The Kier molecular flexibility index (Phi) is 5.43. The van der Waals surface area contributed by atoms with Crippen molar-refractivity contribution in [2.24, 2.45) is 0 Å². The van der Waals surface area contributed by atoms with Crippen LogP contribution in [0.5, 0.6) is 0 Å². The number of anilines is 1. The monoisotopic (exact) mass is 318 g/mol. The zero-order chi connectivity index (χ0) is 16.1. The summed E-state index contributed by atoms with van der Waals surface area (Å²) in [6.07, 6.45) is 8.30. The Balaban J connectivity index is 1.64. The normalized spacial score (nSPS) is 24.7. The van der Waals surface area contributed by atoms with Crippen LogP contribution in [0.3, 0.4) is 0 Å². The Morgan fingerprint density at radius 3 is 3.04 bits per heavy atom. The largest absolute Gasteiger partial charge is 0.376 e. The van der Waals surface area contributed by atoms with Gasteiger partial charge in [-0.25, -0.2) is 9.97 Å². The van der Waals surface area contributed by atoms with Gasteiger partial charge in [0.1, 0.15) is 17.8 Å². The van der Waals surface area contributed by atoms with E-state index >= 15 is 0 Å². The van der Waals surface area contributed by atoms with Gasteiger partial charge in [0, 0.05) is 31.8 Å². The first-order valence-corrected chi connectivity index (χ1v) is 8.76. The molecular formula is C17H26N4O2. The van der Waals surface area contributed by atoms with Crippen LogP contribution in [0.2, 0.25) is 0 Å². The maximum atomic E-state index is 12.8. The molecule has 0 spiro atoms. The molecule has 2 aliphatic rings. The van der Waals surface area contributed by atoms with E-state index in [4.69, 9.17) is 4.74 Å². The highest BCUT2D eigenvalue weighted by atomic mass is 16.5. The first-order chi connectivity index (χ1) is 11.3. The topological polar surface area (TPSA) is 67.4 Å². The SMILES string of the molecule is CCC1CCCCN1C(=O)c1cc(NCC2CCCO2)ncn1. The molecule has 0 bridgehead atoms. The Labute approximate surface area is 137 Å². The van der Waals surface area contributed by atoms with Crippen molar-refractivity contribution in [3.05, 3.63) is 18.1 Å². The van der Waals surface area contributed by atoms with Crippen LogP contribution in [0, 0.1) is 0 Å². The van der Waals surface area contributed by atoms with Crippen LogP contribution in [0.1, 0.15) is 55.9 Å². The lowest BCUT2D eigenvalue weighted by atomic mass is 9.99. The second-order valence-electron chi connectivity index (χ2n) is 6.36. The van der Waals surface area contributed by atoms with E-state index in [1.807, 2.05) is 4.90 Å². The van der Waals surface area contributed by atoms with E-state index in [0.717, 1.165) is 51.8 Å². The molecule has 1 amide bonds. The Bertz CT molecular complexity index is 531. The number of piperidine rings is 1. The van der Waals surface area contributed by atoms with Gasteiger partial charge in [0.2, 0.25) is 0 Å². The van der Waals surface area contributed by atoms with Crippen LogP contribution in [-0.4, -0.2) is 52.6 Å². The van der Waals surface area contributed by atoms with Crippen molar-refractivity contribution in [2.75, 3.05) is 25.0 Å². The fourth-order valence-electron chi connectivity index (χ4n) is 3.43. The highest BCUT2D eigenvalue weighted by molar-refractivity contribution is 5.93. The zero-order valence-corrected chi connectivity index (χ0v) is 13.8. The number of carbonyl (C=O) groups is 1. The summed E-state index contributed by atoms with van der Waals surface area (Å²) in [6.45, 7) is 4.55. The predicted molar refractivity (Wildman–Crippen MR) is 88.5 cm³/mol. The second kappa shape index (κ2) is 7.73. The Morgan fingerprint density at radius 2 is 2.26 bits per heavy atom. The molecule has 2 aliphatic heterocycles. The maximum absolute atomic E-state index is 12.8. The molecule has 2 saturated heterocycles. The van der Waals surface area contributed by atoms with Gasteiger partial charge in [0.15, 0.2) is 0 Å². The van der Waals surface area contributed by atoms with Crippen LogP contribution in [0.15, 0.2) is 12.4 Å². The third-order valence-electron chi connectivity index (χ3n) is 4.78. The summed E-state index contributed by atoms with van der Waals surface area (Å²) in [6, 6.07) is 2.10. The number of nitrogens with one attached hydrogen (secondary N) is 1. The van der Waals surface area contributed by atoms with Crippen LogP contribution < -0.4 is 5.32 Å². The summed E-state index contributed by atoms with van der Waals surface area (Å²) in [5.41, 5.74) is 0.482. The number of carbonyl (C=O) groups excluding carboxylic acids is 1. The van der Waals surface area contributed by atoms with Crippen molar-refractivity contribution < 1.29 is 9.53 Å². The van der Waals surface area contributed by atoms with Gasteiger partial charge in [-0.3, -0.25) is 4.79 Å². The lowest BCUT2D eigenvalue weighted by molar-refractivity contribution is 0.0602. The molecule has 0 radical (unpaired) electrons. The van der Waals surface area contributed by atoms with E-state index in [1.54, 1.807) is 6.07 Å². The van der Waals surface area contributed by atoms with Crippen molar-refractivity contribution >= 4 is 11.7 Å². The first kappa shape index (κ1) is 16.2. The van der Waals surface area contributed by atoms with Crippen molar-refractivity contribution in [1.82, 2.24) is 14.9 Å². The molecule has 0 aliphatic carbocycles. The predicted octanol–water partition coefficient (Wildman–Crippen LogP) is 2.47. The Morgan fingerprint density at radius 1 is 1.35 bits per heavy atom. The summed E-state index contributed by atoms with van der Waals surface area (Å²) < 4.78 is 5.60. The molecule has 0 aromatic carbocycles. The number of nitrogens with zero attached hydrogens (tertiary/aromatic N) is 3. The van der Waals surface area contributed by atoms with Gasteiger partial charge < -0.3 is 15.0 Å². The zero-order valence-electron chi connectivity index (χ0n) is 13.8. The van der Waals surface area contributed by atoms with E-state index in [2.05, 4.69) is 22.2 Å².